The lowest BCUT2D eigenvalue weighted by molar-refractivity contribution is -0.138. The Hall–Kier alpha value is -3.20. The second-order valence-electron chi connectivity index (χ2n) is 10.4. The van der Waals surface area contributed by atoms with Gasteiger partial charge in [-0.25, -0.2) is 8.42 Å². The molecule has 2 saturated heterocycles. The molecule has 2 aliphatic rings. The Bertz CT molecular complexity index is 1330. The SMILES string of the molecule is COc1ccc(S(=O)(=O)N2CCC(C(=O)N3CCN(C(c4ccccc4)c4ccccc4)CC3)CC2)cc1C. The van der Waals surface area contributed by atoms with Crippen molar-refractivity contribution in [2.24, 2.45) is 5.92 Å². The van der Waals surface area contributed by atoms with Crippen molar-refractivity contribution in [2.45, 2.75) is 30.7 Å². The predicted octanol–water partition coefficient (Wildman–Crippen LogP) is 4.34. The number of carbonyl (C=O) groups excluding carboxylic acids is 1. The molecule has 0 aromatic heterocycles. The molecule has 8 heteroatoms. The van der Waals surface area contributed by atoms with Gasteiger partial charge in [-0.3, -0.25) is 9.69 Å². The van der Waals surface area contributed by atoms with Crippen molar-refractivity contribution in [1.82, 2.24) is 14.1 Å². The topological polar surface area (TPSA) is 70.2 Å². The Morgan fingerprint density at radius 3 is 1.90 bits per heavy atom. The first kappa shape index (κ1) is 27.4. The van der Waals surface area contributed by atoms with Crippen LogP contribution in [0, 0.1) is 12.8 Å². The molecule has 2 aliphatic heterocycles. The van der Waals surface area contributed by atoms with Gasteiger partial charge in [-0.05, 0) is 54.7 Å². The summed E-state index contributed by atoms with van der Waals surface area (Å²) in [5, 5.41) is 0. The molecule has 2 heterocycles. The second kappa shape index (κ2) is 11.9. The van der Waals surface area contributed by atoms with E-state index in [1.807, 2.05) is 24.0 Å². The largest absolute Gasteiger partial charge is 0.496 e. The van der Waals surface area contributed by atoms with E-state index in [0.29, 0.717) is 44.8 Å². The molecule has 5 rings (SSSR count). The van der Waals surface area contributed by atoms with E-state index in [4.69, 9.17) is 4.74 Å². The Kier molecular flexibility index (Phi) is 8.35. The van der Waals surface area contributed by atoms with Crippen LogP contribution >= 0.6 is 0 Å². The zero-order valence-electron chi connectivity index (χ0n) is 22.7. The summed E-state index contributed by atoms with van der Waals surface area (Å²) in [7, 11) is -2.03. The van der Waals surface area contributed by atoms with Crippen LogP contribution in [0.5, 0.6) is 5.75 Å². The van der Waals surface area contributed by atoms with E-state index in [2.05, 4.69) is 53.4 Å². The highest BCUT2D eigenvalue weighted by Gasteiger charge is 2.35. The predicted molar refractivity (Wildman–Crippen MR) is 152 cm³/mol. The van der Waals surface area contributed by atoms with Crippen molar-refractivity contribution in [3.05, 3.63) is 95.6 Å². The van der Waals surface area contributed by atoms with Crippen LogP contribution in [-0.4, -0.2) is 74.8 Å². The normalized spacial score (nSPS) is 17.9. The van der Waals surface area contributed by atoms with Crippen LogP contribution in [0.1, 0.15) is 35.6 Å². The Morgan fingerprint density at radius 2 is 1.38 bits per heavy atom. The summed E-state index contributed by atoms with van der Waals surface area (Å²) in [5.41, 5.74) is 3.29. The van der Waals surface area contributed by atoms with Gasteiger partial charge in [-0.2, -0.15) is 4.31 Å². The van der Waals surface area contributed by atoms with Gasteiger partial charge < -0.3 is 9.64 Å². The number of carbonyl (C=O) groups is 1. The summed E-state index contributed by atoms with van der Waals surface area (Å²) in [6, 6.07) is 26.2. The van der Waals surface area contributed by atoms with Crippen molar-refractivity contribution >= 4 is 15.9 Å². The zero-order chi connectivity index (χ0) is 27.4. The molecular weight excluding hydrogens is 510 g/mol. The van der Waals surface area contributed by atoms with Gasteiger partial charge in [-0.15, -0.1) is 0 Å². The number of amides is 1. The van der Waals surface area contributed by atoms with Gasteiger partial charge in [0.1, 0.15) is 5.75 Å². The van der Waals surface area contributed by atoms with E-state index >= 15 is 0 Å². The Labute approximate surface area is 232 Å². The standard InChI is InChI=1S/C31H37N3O4S/c1-24-23-28(13-14-29(24)38-2)39(36,37)34-17-15-27(16-18-34)31(35)33-21-19-32(20-22-33)30(25-9-5-3-6-10-25)26-11-7-4-8-12-26/h3-14,23,27,30H,15-22H2,1-2H3. The highest BCUT2D eigenvalue weighted by atomic mass is 32.2. The third-order valence-electron chi connectivity index (χ3n) is 8.03. The first-order chi connectivity index (χ1) is 18.9. The van der Waals surface area contributed by atoms with Crippen molar-refractivity contribution in [2.75, 3.05) is 46.4 Å². The first-order valence-electron chi connectivity index (χ1n) is 13.7. The summed E-state index contributed by atoms with van der Waals surface area (Å²) in [5.74, 6) is 0.680. The van der Waals surface area contributed by atoms with Crippen LogP contribution in [0.2, 0.25) is 0 Å². The number of ether oxygens (including phenoxy) is 1. The maximum absolute atomic E-state index is 13.4. The molecule has 206 valence electrons. The van der Waals surface area contributed by atoms with E-state index in [0.717, 1.165) is 18.7 Å². The van der Waals surface area contributed by atoms with Gasteiger partial charge in [0.15, 0.2) is 0 Å². The van der Waals surface area contributed by atoms with E-state index < -0.39 is 10.0 Å². The highest BCUT2D eigenvalue weighted by Crippen LogP contribution is 2.31. The molecule has 0 saturated carbocycles. The smallest absolute Gasteiger partial charge is 0.243 e. The molecule has 0 spiro atoms. The monoisotopic (exact) mass is 547 g/mol. The number of methoxy groups -OCH3 is 1. The average molecular weight is 548 g/mol. The van der Waals surface area contributed by atoms with Gasteiger partial charge in [0.05, 0.1) is 18.0 Å². The fraction of sp³-hybridized carbons (Fsp3) is 0.387. The van der Waals surface area contributed by atoms with Crippen molar-refractivity contribution in [3.8, 4) is 5.75 Å². The lowest BCUT2D eigenvalue weighted by atomic mass is 9.95. The molecule has 0 aliphatic carbocycles. The fourth-order valence-corrected chi connectivity index (χ4v) is 7.40. The van der Waals surface area contributed by atoms with Crippen LogP contribution in [0.3, 0.4) is 0 Å². The van der Waals surface area contributed by atoms with Crippen molar-refractivity contribution in [3.63, 3.8) is 0 Å². The molecule has 39 heavy (non-hydrogen) atoms. The number of aryl methyl sites for hydroxylation is 1. The number of piperidine rings is 1. The number of rotatable bonds is 7. The Balaban J connectivity index is 1.19. The number of sulfonamides is 1. The van der Waals surface area contributed by atoms with E-state index in [9.17, 15) is 13.2 Å². The van der Waals surface area contributed by atoms with Crippen LogP contribution in [-0.2, 0) is 14.8 Å². The van der Waals surface area contributed by atoms with E-state index in [-0.39, 0.29) is 22.8 Å². The Morgan fingerprint density at radius 1 is 0.821 bits per heavy atom. The molecule has 2 fully saturated rings. The lowest BCUT2D eigenvalue weighted by Gasteiger charge is -2.41. The second-order valence-corrected chi connectivity index (χ2v) is 12.3. The first-order valence-corrected chi connectivity index (χ1v) is 15.1. The quantitative estimate of drug-likeness (QED) is 0.440. The van der Waals surface area contributed by atoms with Crippen LogP contribution < -0.4 is 4.74 Å². The van der Waals surface area contributed by atoms with Crippen LogP contribution in [0.25, 0.3) is 0 Å². The number of nitrogens with zero attached hydrogens (tertiary/aromatic N) is 3. The van der Waals surface area contributed by atoms with Crippen LogP contribution in [0.4, 0.5) is 0 Å². The van der Waals surface area contributed by atoms with E-state index in [1.165, 1.54) is 15.4 Å². The van der Waals surface area contributed by atoms with E-state index in [1.54, 1.807) is 25.3 Å². The summed E-state index contributed by atoms with van der Waals surface area (Å²) >= 11 is 0. The molecule has 1 amide bonds. The summed E-state index contributed by atoms with van der Waals surface area (Å²) in [6.45, 7) is 5.50. The number of benzene rings is 3. The minimum Gasteiger partial charge on any atom is -0.496 e. The fourth-order valence-electron chi connectivity index (χ4n) is 5.85. The number of hydrogen-bond donors (Lipinski definition) is 0. The molecule has 0 bridgehead atoms. The van der Waals surface area contributed by atoms with Gasteiger partial charge in [0.25, 0.3) is 0 Å². The molecule has 3 aromatic carbocycles. The van der Waals surface area contributed by atoms with Crippen LogP contribution in [0.15, 0.2) is 83.8 Å². The summed E-state index contributed by atoms with van der Waals surface area (Å²) < 4.78 is 33.3. The zero-order valence-corrected chi connectivity index (χ0v) is 23.5. The summed E-state index contributed by atoms with van der Waals surface area (Å²) in [4.78, 5) is 18.1. The lowest BCUT2D eigenvalue weighted by Crippen LogP contribution is -2.52. The molecule has 3 aromatic rings. The van der Waals surface area contributed by atoms with Gasteiger partial charge >= 0.3 is 0 Å². The third-order valence-corrected chi connectivity index (χ3v) is 9.92. The minimum atomic E-state index is -3.61. The summed E-state index contributed by atoms with van der Waals surface area (Å²) in [6.07, 6.45) is 1.09. The number of piperazine rings is 1. The van der Waals surface area contributed by atoms with Gasteiger partial charge in [0, 0.05) is 45.2 Å². The minimum absolute atomic E-state index is 0.139. The number of hydrogen-bond acceptors (Lipinski definition) is 5. The maximum Gasteiger partial charge on any atom is 0.243 e. The molecule has 0 unspecified atom stereocenters. The molecule has 0 N–H and O–H groups in total. The highest BCUT2D eigenvalue weighted by molar-refractivity contribution is 7.89. The molecule has 0 atom stereocenters. The van der Waals surface area contributed by atoms with Crippen molar-refractivity contribution < 1.29 is 17.9 Å². The average Bonchev–Trinajstić information content (AvgIpc) is 2.98. The molecule has 0 radical (unpaired) electrons. The van der Waals surface area contributed by atoms with Crippen molar-refractivity contribution in [1.29, 1.82) is 0 Å². The molecule has 7 nitrogen and oxygen atoms in total. The third kappa shape index (κ3) is 5.88. The van der Waals surface area contributed by atoms with Gasteiger partial charge in [-0.1, -0.05) is 60.7 Å². The van der Waals surface area contributed by atoms with Gasteiger partial charge in [0.2, 0.25) is 15.9 Å². The molecular formula is C31H37N3O4S. The maximum atomic E-state index is 13.4.